The molecular formula is C16H12N2O10. The van der Waals surface area contributed by atoms with Crippen LogP contribution in [0.25, 0.3) is 21.5 Å². The van der Waals surface area contributed by atoms with Crippen LogP contribution in [-0.4, -0.2) is 54.7 Å². The van der Waals surface area contributed by atoms with Crippen LogP contribution in [0.15, 0.2) is 31.3 Å². The number of rotatable bonds is 6. The Morgan fingerprint density at radius 2 is 0.929 bits per heavy atom. The molecular weight excluding hydrogens is 380 g/mol. The number of hydrogen-bond donors (Lipinski definition) is 4. The minimum absolute atomic E-state index is 0.308. The van der Waals surface area contributed by atoms with Gasteiger partial charge in [0.15, 0.2) is 12.1 Å². The Morgan fingerprint density at radius 1 is 0.679 bits per heavy atom. The first-order valence-corrected chi connectivity index (χ1v) is 7.76. The molecule has 28 heavy (non-hydrogen) atoms. The zero-order valence-corrected chi connectivity index (χ0v) is 13.9. The fraction of sp³-hybridized carbons (Fsp3) is 0.250. The van der Waals surface area contributed by atoms with E-state index < -0.39 is 59.5 Å². The van der Waals surface area contributed by atoms with E-state index in [0.29, 0.717) is 9.13 Å². The van der Waals surface area contributed by atoms with E-state index >= 15 is 0 Å². The van der Waals surface area contributed by atoms with Crippen LogP contribution in [0.2, 0.25) is 0 Å². The van der Waals surface area contributed by atoms with Crippen molar-refractivity contribution in [1.82, 2.24) is 9.13 Å². The summed E-state index contributed by atoms with van der Waals surface area (Å²) in [6.07, 6.45) is 0. The summed E-state index contributed by atoms with van der Waals surface area (Å²) < 4.78 is 0.616. The van der Waals surface area contributed by atoms with Crippen LogP contribution in [0.4, 0.5) is 0 Å². The Bertz CT molecular complexity index is 1160. The summed E-state index contributed by atoms with van der Waals surface area (Å²) in [7, 11) is 0. The second-order valence-electron chi connectivity index (χ2n) is 5.98. The topological polar surface area (TPSA) is 193 Å². The molecule has 4 N–H and O–H groups in total. The van der Waals surface area contributed by atoms with Gasteiger partial charge in [-0.3, -0.25) is 28.3 Å². The summed E-state index contributed by atoms with van der Waals surface area (Å²) in [5, 5.41) is 35.1. The van der Waals surface area contributed by atoms with Gasteiger partial charge >= 0.3 is 11.9 Å². The molecule has 0 saturated carbocycles. The van der Waals surface area contributed by atoms with Crippen LogP contribution in [0, 0.1) is 0 Å². The molecule has 0 bridgehead atoms. The largest absolute Gasteiger partial charge is 0.480 e. The molecule has 3 aromatic rings. The van der Waals surface area contributed by atoms with E-state index in [1.165, 1.54) is 0 Å². The molecule has 12 nitrogen and oxygen atoms in total. The molecule has 2 unspecified atom stereocenters. The number of aliphatic hydroxyl groups excluding tert-OH is 2. The van der Waals surface area contributed by atoms with Gasteiger partial charge in [0.1, 0.15) is 0 Å². The lowest BCUT2D eigenvalue weighted by Gasteiger charge is -2.08. The van der Waals surface area contributed by atoms with Gasteiger partial charge in [0, 0.05) is 0 Å². The van der Waals surface area contributed by atoms with E-state index in [1.807, 2.05) is 0 Å². The van der Waals surface area contributed by atoms with Crippen LogP contribution in [-0.2, 0) is 9.59 Å². The van der Waals surface area contributed by atoms with Crippen molar-refractivity contribution in [2.75, 3.05) is 13.2 Å². The highest BCUT2D eigenvalue weighted by Gasteiger charge is 2.29. The van der Waals surface area contributed by atoms with Gasteiger partial charge < -0.3 is 20.4 Å². The van der Waals surface area contributed by atoms with Crippen molar-refractivity contribution in [3.05, 3.63) is 53.5 Å². The quantitative estimate of drug-likeness (QED) is 0.339. The molecule has 0 aliphatic heterocycles. The van der Waals surface area contributed by atoms with Crippen molar-refractivity contribution in [2.45, 2.75) is 12.1 Å². The second kappa shape index (κ2) is 6.51. The molecule has 0 radical (unpaired) electrons. The molecule has 146 valence electrons. The summed E-state index contributed by atoms with van der Waals surface area (Å²) in [6.45, 7) is -2.08. The van der Waals surface area contributed by atoms with E-state index in [2.05, 4.69) is 0 Å². The fourth-order valence-electron chi connectivity index (χ4n) is 3.12. The predicted molar refractivity (Wildman–Crippen MR) is 92.4 cm³/mol. The Hall–Kier alpha value is -3.64. The second-order valence-corrected chi connectivity index (χ2v) is 5.98. The number of benzene rings is 1. The summed E-state index contributed by atoms with van der Waals surface area (Å²) in [6, 6.07) is -1.90. The third-order valence-corrected chi connectivity index (χ3v) is 4.49. The Kier molecular flexibility index (Phi) is 4.45. The van der Waals surface area contributed by atoms with Gasteiger partial charge in [-0.2, -0.15) is 0 Å². The number of aliphatic hydroxyl groups is 2. The number of carboxylic acids is 2. The lowest BCUT2D eigenvalue weighted by molar-refractivity contribution is -0.143. The molecule has 0 saturated heterocycles. The maximum Gasteiger partial charge on any atom is 0.329 e. The third-order valence-electron chi connectivity index (χ3n) is 4.49. The van der Waals surface area contributed by atoms with Crippen molar-refractivity contribution in [3.8, 4) is 0 Å². The van der Waals surface area contributed by atoms with Crippen LogP contribution >= 0.6 is 0 Å². The van der Waals surface area contributed by atoms with Gasteiger partial charge in [-0.25, -0.2) is 9.59 Å². The standard InChI is InChI=1S/C16H12N2O10/c19-3-9(15(25)26)17-11(21)5-1-6-8(2-7(5)13(17)23)14(24)18(12(6)22)10(4-20)16(27)28/h1-2,9-10,19-20H,3-4H2,(H,25,26)(H,27,28). The molecule has 2 aromatic heterocycles. The Balaban J connectivity index is 2.44. The summed E-state index contributed by atoms with van der Waals surface area (Å²) in [5.74, 6) is -3.26. The minimum atomic E-state index is -1.85. The van der Waals surface area contributed by atoms with Crippen molar-refractivity contribution in [3.63, 3.8) is 0 Å². The third kappa shape index (κ3) is 2.46. The molecule has 0 amide bonds. The van der Waals surface area contributed by atoms with Crippen molar-refractivity contribution >= 4 is 33.5 Å². The molecule has 0 aliphatic carbocycles. The van der Waals surface area contributed by atoms with Crippen LogP contribution in [0.3, 0.4) is 0 Å². The van der Waals surface area contributed by atoms with Gasteiger partial charge in [-0.15, -0.1) is 0 Å². The summed E-state index contributed by atoms with van der Waals surface area (Å²) in [5.41, 5.74) is -4.33. The highest BCUT2D eigenvalue weighted by Crippen LogP contribution is 2.17. The van der Waals surface area contributed by atoms with Gasteiger partial charge in [0.05, 0.1) is 34.8 Å². The van der Waals surface area contributed by atoms with Gasteiger partial charge in [-0.05, 0) is 12.1 Å². The highest BCUT2D eigenvalue weighted by molar-refractivity contribution is 5.98. The van der Waals surface area contributed by atoms with E-state index in [1.54, 1.807) is 0 Å². The Labute approximate surface area is 152 Å². The number of carbonyl (C=O) groups is 2. The number of carboxylic acid groups (broad SMARTS) is 2. The molecule has 12 heteroatoms. The molecule has 3 rings (SSSR count). The van der Waals surface area contributed by atoms with Crippen LogP contribution in [0.1, 0.15) is 12.1 Å². The number of nitrogens with zero attached hydrogens (tertiary/aromatic N) is 2. The first-order chi connectivity index (χ1) is 13.1. The van der Waals surface area contributed by atoms with Gasteiger partial charge in [-0.1, -0.05) is 0 Å². The lowest BCUT2D eigenvalue weighted by Crippen LogP contribution is -2.36. The molecule has 1 aromatic carbocycles. The van der Waals surface area contributed by atoms with Gasteiger partial charge in [0.25, 0.3) is 22.2 Å². The van der Waals surface area contributed by atoms with Crippen molar-refractivity contribution < 1.29 is 30.0 Å². The maximum atomic E-state index is 12.5. The summed E-state index contributed by atoms with van der Waals surface area (Å²) in [4.78, 5) is 72.2. The fourth-order valence-corrected chi connectivity index (χ4v) is 3.12. The van der Waals surface area contributed by atoms with E-state index in [9.17, 15) is 39.0 Å². The minimum Gasteiger partial charge on any atom is -0.480 e. The van der Waals surface area contributed by atoms with Crippen LogP contribution < -0.4 is 22.2 Å². The smallest absolute Gasteiger partial charge is 0.329 e. The Morgan fingerprint density at radius 3 is 1.11 bits per heavy atom. The first kappa shape index (κ1) is 19.1. The first-order valence-electron chi connectivity index (χ1n) is 7.76. The van der Waals surface area contributed by atoms with Crippen molar-refractivity contribution in [1.29, 1.82) is 0 Å². The van der Waals surface area contributed by atoms with Crippen LogP contribution in [0.5, 0.6) is 0 Å². The molecule has 0 spiro atoms. The monoisotopic (exact) mass is 392 g/mol. The molecule has 2 atom stereocenters. The summed E-state index contributed by atoms with van der Waals surface area (Å²) >= 11 is 0. The normalized spacial score (nSPS) is 13.8. The number of aliphatic carboxylic acids is 2. The van der Waals surface area contributed by atoms with E-state index in [-0.39, 0.29) is 21.5 Å². The number of fused-ring (bicyclic) bond motifs is 2. The average Bonchev–Trinajstić information content (AvgIpc) is 3.02. The predicted octanol–water partition coefficient (Wildman–Crippen LogP) is -2.85. The average molecular weight is 392 g/mol. The molecule has 2 heterocycles. The maximum absolute atomic E-state index is 12.5. The lowest BCUT2D eigenvalue weighted by atomic mass is 10.1. The highest BCUT2D eigenvalue weighted by atomic mass is 16.4. The molecule has 0 aliphatic rings. The van der Waals surface area contributed by atoms with E-state index in [0.717, 1.165) is 12.1 Å². The van der Waals surface area contributed by atoms with Crippen molar-refractivity contribution in [2.24, 2.45) is 0 Å². The SMILES string of the molecule is O=C(O)C(CO)n1c(=O)c2cc3c(=O)n(C(CO)C(=O)O)c(=O)c3cc2c1=O. The number of hydrogen-bond acceptors (Lipinski definition) is 8. The van der Waals surface area contributed by atoms with Gasteiger partial charge in [0.2, 0.25) is 0 Å². The zero-order valence-electron chi connectivity index (χ0n) is 13.9. The zero-order chi connectivity index (χ0) is 20.9. The number of aromatic nitrogens is 2. The van der Waals surface area contributed by atoms with E-state index in [4.69, 9.17) is 10.2 Å². The molecule has 0 fully saturated rings.